The highest BCUT2D eigenvalue weighted by Gasteiger charge is 2.32. The molecule has 366 valence electrons. The number of nitrogens with one attached hydrogen (secondary N) is 2. The number of imide groups is 1. The molecule has 0 spiro atoms. The van der Waals surface area contributed by atoms with Crippen LogP contribution in [0.15, 0.2) is 71.7 Å². The zero-order valence-electron chi connectivity index (χ0n) is 38.9. The molecule has 0 atom stereocenters. The maximum absolute atomic E-state index is 13.6. The van der Waals surface area contributed by atoms with Gasteiger partial charge in [0.25, 0.3) is 17.7 Å². The van der Waals surface area contributed by atoms with E-state index in [9.17, 15) is 37.2 Å². The topological polar surface area (TPSA) is 300 Å². The quantitative estimate of drug-likeness (QED) is 0.0458. The molecule has 6 N–H and O–H groups in total. The lowest BCUT2D eigenvalue weighted by atomic mass is 9.96. The Morgan fingerprint density at radius 2 is 1.49 bits per heavy atom. The van der Waals surface area contributed by atoms with E-state index in [1.165, 1.54) is 36.4 Å². The van der Waals surface area contributed by atoms with Crippen molar-refractivity contribution in [1.29, 1.82) is 0 Å². The highest BCUT2D eigenvalue weighted by molar-refractivity contribution is 7.89. The molecule has 6 heterocycles. The van der Waals surface area contributed by atoms with Crippen LogP contribution >= 0.6 is 0 Å². The van der Waals surface area contributed by atoms with E-state index in [0.717, 1.165) is 4.90 Å². The highest BCUT2D eigenvalue weighted by Crippen LogP contribution is 2.32. The van der Waals surface area contributed by atoms with Gasteiger partial charge in [0.2, 0.25) is 33.7 Å². The van der Waals surface area contributed by atoms with Gasteiger partial charge < -0.3 is 29.8 Å². The largest absolute Gasteiger partial charge is 0.491 e. The Hall–Kier alpha value is -7.99. The summed E-state index contributed by atoms with van der Waals surface area (Å²) < 4.78 is 37.6. The van der Waals surface area contributed by atoms with Gasteiger partial charge in [0.05, 0.1) is 46.0 Å². The minimum atomic E-state index is -4.07. The number of carbonyl (C=O) groups excluding carboxylic acids is 6. The number of sulfonamides is 1. The van der Waals surface area contributed by atoms with E-state index in [1.54, 1.807) is 55.4 Å². The average molecular weight is 977 g/mol. The summed E-state index contributed by atoms with van der Waals surface area (Å²) in [4.78, 5) is 88.4. The Morgan fingerprint density at radius 3 is 2.14 bits per heavy atom. The average Bonchev–Trinajstić information content (AvgIpc) is 4.13. The van der Waals surface area contributed by atoms with Crippen molar-refractivity contribution in [3.8, 4) is 5.75 Å². The second-order valence-corrected chi connectivity index (χ2v) is 18.4. The van der Waals surface area contributed by atoms with Crippen molar-refractivity contribution in [1.82, 2.24) is 48.5 Å². The van der Waals surface area contributed by atoms with E-state index in [-0.39, 0.29) is 84.7 Å². The van der Waals surface area contributed by atoms with Gasteiger partial charge in [0, 0.05) is 69.9 Å². The van der Waals surface area contributed by atoms with Crippen LogP contribution in [0.4, 0.5) is 11.9 Å². The lowest BCUT2D eigenvalue weighted by Gasteiger charge is -2.39. The van der Waals surface area contributed by atoms with Crippen LogP contribution in [0.2, 0.25) is 0 Å². The van der Waals surface area contributed by atoms with Gasteiger partial charge in [-0.2, -0.15) is 10.2 Å². The lowest BCUT2D eigenvalue weighted by molar-refractivity contribution is -0.140. The minimum Gasteiger partial charge on any atom is -0.491 e. The maximum Gasteiger partial charge on any atom is 0.276 e. The molecule has 1 saturated heterocycles. The fourth-order valence-corrected chi connectivity index (χ4v) is 8.96. The number of primary amides is 1. The predicted octanol–water partition coefficient (Wildman–Crippen LogP) is 2.53. The van der Waals surface area contributed by atoms with E-state index in [4.69, 9.17) is 20.6 Å². The van der Waals surface area contributed by atoms with Crippen LogP contribution in [0.5, 0.6) is 5.75 Å². The van der Waals surface area contributed by atoms with Crippen LogP contribution in [0.1, 0.15) is 69.4 Å². The Morgan fingerprint density at radius 1 is 0.843 bits per heavy atom. The third-order valence-corrected chi connectivity index (χ3v) is 12.9. The zero-order chi connectivity index (χ0) is 50.0. The summed E-state index contributed by atoms with van der Waals surface area (Å²) in [6.45, 7) is 9.52. The summed E-state index contributed by atoms with van der Waals surface area (Å²) in [6.07, 6.45) is 6.58. The summed E-state index contributed by atoms with van der Waals surface area (Å²) in [5.41, 5.74) is 9.61. The molecule has 2 aliphatic heterocycles. The maximum atomic E-state index is 13.6. The number of aromatic nitrogens is 8. The number of aryl methyl sites for hydroxylation is 4. The Labute approximate surface area is 401 Å². The van der Waals surface area contributed by atoms with E-state index in [1.807, 2.05) is 26.0 Å². The van der Waals surface area contributed by atoms with Crippen molar-refractivity contribution in [3.63, 3.8) is 0 Å². The molecule has 8 rings (SSSR count). The lowest BCUT2D eigenvalue weighted by Crippen LogP contribution is -2.51. The second-order valence-electron chi connectivity index (χ2n) is 16.9. The van der Waals surface area contributed by atoms with Crippen LogP contribution in [0.3, 0.4) is 0 Å². The number of fused-ring (bicyclic) bond motifs is 2. The molecule has 0 aliphatic carbocycles. The van der Waals surface area contributed by atoms with Gasteiger partial charge in [0.1, 0.15) is 22.7 Å². The van der Waals surface area contributed by atoms with Crippen LogP contribution in [0, 0.1) is 19.8 Å². The van der Waals surface area contributed by atoms with E-state index in [0.29, 0.717) is 77.7 Å². The predicted molar refractivity (Wildman–Crippen MR) is 255 cm³/mol. The molecule has 0 bridgehead atoms. The number of ketones is 1. The smallest absolute Gasteiger partial charge is 0.276 e. The number of hydrogen-bond acceptors (Lipinski definition) is 14. The number of benzene rings is 2. The Balaban J connectivity index is 1.05. The molecule has 6 aromatic rings. The molecule has 5 amide bonds. The molecular weight excluding hydrogens is 925 g/mol. The molecule has 0 saturated carbocycles. The van der Waals surface area contributed by atoms with Crippen molar-refractivity contribution in [2.75, 3.05) is 43.4 Å². The summed E-state index contributed by atoms with van der Waals surface area (Å²) >= 11 is 0. The number of amides is 5. The summed E-state index contributed by atoms with van der Waals surface area (Å²) in [7, 11) is -4.07. The molecule has 70 heavy (non-hydrogen) atoms. The highest BCUT2D eigenvalue weighted by atomic mass is 32.2. The third-order valence-electron chi connectivity index (χ3n) is 12.0. The Bertz CT molecular complexity index is 3250. The van der Waals surface area contributed by atoms with E-state index in [2.05, 4.69) is 25.8 Å². The molecule has 2 aliphatic rings. The number of allylic oxidation sites excluding steroid dienone is 2. The molecule has 4 aromatic heterocycles. The van der Waals surface area contributed by atoms with Crippen LogP contribution in [0.25, 0.3) is 22.1 Å². The molecular formula is C46H52N14O9S. The second kappa shape index (κ2) is 19.9. The van der Waals surface area contributed by atoms with Gasteiger partial charge in [-0.1, -0.05) is 12.2 Å². The van der Waals surface area contributed by atoms with Crippen molar-refractivity contribution >= 4 is 79.3 Å². The zero-order valence-corrected chi connectivity index (χ0v) is 39.7. The van der Waals surface area contributed by atoms with Crippen molar-refractivity contribution in [3.05, 3.63) is 95.1 Å². The number of hydrogen-bond donors (Lipinski definition) is 4. The fraction of sp³-hybridized carbons (Fsp3) is 0.348. The van der Waals surface area contributed by atoms with Gasteiger partial charge in [-0.15, -0.1) is 0 Å². The van der Waals surface area contributed by atoms with Gasteiger partial charge in [-0.25, -0.2) is 23.5 Å². The van der Waals surface area contributed by atoms with E-state index >= 15 is 0 Å². The molecule has 24 heteroatoms. The normalized spacial score (nSPS) is 14.1. The number of ether oxygens (including phenoxy) is 1. The number of Topliss-reactive ketones (excluding diaryl/α,β-unsaturated/α-hetero) is 1. The fourth-order valence-electron chi connectivity index (χ4n) is 8.43. The minimum absolute atomic E-state index is 0.00752. The number of nitrogens with zero attached hydrogens (tertiary/aromatic N) is 10. The third kappa shape index (κ3) is 10.2. The van der Waals surface area contributed by atoms with Gasteiger partial charge in [-0.3, -0.25) is 48.3 Å². The molecule has 2 aromatic carbocycles. The van der Waals surface area contributed by atoms with Crippen LogP contribution in [-0.4, -0.2) is 125 Å². The first-order valence-corrected chi connectivity index (χ1v) is 24.1. The summed E-state index contributed by atoms with van der Waals surface area (Å²) in [5.74, 6) is -1.66. The standard InChI is InChI=1S/C46H52N14O9S/c1-5-59-35(19-27(3)53-59)37(61)24-49-45-51-33-21-30(43(47)65)22-38(69-18-14-29-25-55(26-29)39(62)13-17-57-40(63)11-12-41(57)64)42(33)58(45)16-8-7-15-56-34-10-9-31(70(48,67)68)23-32(34)50-46(56)52-44(66)36-20-28(4)54-60(36)6-2/h7-12,19-23,29H,5-6,13-18,24-26H2,1-4H3,(H2,47,65)(H,49,51)(H2,48,67,68)(H,50,52,66)/b8-7+. The molecule has 1 fully saturated rings. The number of primary sulfonamides is 1. The van der Waals surface area contributed by atoms with Crippen LogP contribution < -0.4 is 26.2 Å². The van der Waals surface area contributed by atoms with Gasteiger partial charge in [0.15, 0.2) is 5.78 Å². The number of anilines is 2. The molecule has 23 nitrogen and oxygen atoms in total. The SMILES string of the molecule is CCn1nc(C)cc1C(=O)CNc1nc2cc(C(N)=O)cc(OCCC3CN(C(=O)CCN4C(=O)C=CC4=O)C3)c2n1C/C=C/Cn1c(NC(=O)c2cc(C)nn2CC)nc2cc(S(N)(=O)=O)ccc21. The monoisotopic (exact) mass is 976 g/mol. The summed E-state index contributed by atoms with van der Waals surface area (Å²) in [5, 5.41) is 20.3. The first-order chi connectivity index (χ1) is 33.4. The van der Waals surface area contributed by atoms with Gasteiger partial charge >= 0.3 is 0 Å². The van der Waals surface area contributed by atoms with Crippen molar-refractivity contribution in [2.45, 2.75) is 71.6 Å². The van der Waals surface area contributed by atoms with Crippen molar-refractivity contribution in [2.24, 2.45) is 16.8 Å². The number of rotatable bonds is 21. The number of nitrogens with two attached hydrogens (primary N) is 2. The number of carbonyl (C=O) groups is 6. The molecule has 0 radical (unpaired) electrons. The van der Waals surface area contributed by atoms with Crippen LogP contribution in [-0.2, 0) is 50.6 Å². The summed E-state index contributed by atoms with van der Waals surface area (Å²) in [6, 6.07) is 10.7. The first kappa shape index (κ1) is 48.5. The van der Waals surface area contributed by atoms with E-state index < -0.39 is 33.7 Å². The first-order valence-electron chi connectivity index (χ1n) is 22.6. The Kier molecular flexibility index (Phi) is 13.8. The number of imidazole rings is 2. The molecule has 0 unspecified atom stereocenters. The van der Waals surface area contributed by atoms with Gasteiger partial charge in [-0.05, 0) is 82.5 Å². The number of likely N-dealkylation sites (tertiary alicyclic amines) is 1. The van der Waals surface area contributed by atoms with Crippen molar-refractivity contribution < 1.29 is 41.9 Å².